The van der Waals surface area contributed by atoms with E-state index in [1.807, 2.05) is 0 Å². The van der Waals surface area contributed by atoms with Crippen molar-refractivity contribution in [3.8, 4) is 0 Å². The summed E-state index contributed by atoms with van der Waals surface area (Å²) >= 11 is 0. The van der Waals surface area contributed by atoms with Crippen LogP contribution >= 0.6 is 0 Å². The monoisotopic (exact) mass is 304 g/mol. The minimum atomic E-state index is -1.79. The van der Waals surface area contributed by atoms with Crippen LogP contribution in [0.5, 0.6) is 0 Å². The molecule has 0 fully saturated rings. The maximum atomic E-state index is 9.90. The second-order valence-corrected chi connectivity index (χ2v) is 3.38. The van der Waals surface area contributed by atoms with Crippen molar-refractivity contribution in [3.63, 3.8) is 0 Å². The molecule has 10 heteroatoms. The van der Waals surface area contributed by atoms with Crippen molar-refractivity contribution in [2.24, 2.45) is 0 Å². The number of rotatable bonds is 7. The van der Waals surface area contributed by atoms with Crippen LogP contribution in [-0.2, 0) is 4.79 Å². The first-order valence-corrected chi connectivity index (χ1v) is 5.48. The van der Waals surface area contributed by atoms with Crippen LogP contribution in [0.4, 0.5) is 0 Å². The Balaban J connectivity index is -0.000000304. The van der Waals surface area contributed by atoms with E-state index < -0.39 is 37.1 Å². The molecule has 0 aliphatic carbocycles. The molecule has 0 aromatic rings. The quantitative estimate of drug-likeness (QED) is 0.204. The number of hydrogen-bond donors (Lipinski definition) is 9. The number of hydrogen-bond acceptors (Lipinski definition) is 10. The van der Waals surface area contributed by atoms with Gasteiger partial charge in [-0.05, 0) is 0 Å². The lowest BCUT2D eigenvalue weighted by Crippen LogP contribution is -2.46. The highest BCUT2D eigenvalue weighted by Crippen LogP contribution is 2.02. The Morgan fingerprint density at radius 1 is 0.800 bits per heavy atom. The van der Waals surface area contributed by atoms with E-state index in [0.29, 0.717) is 0 Å². The van der Waals surface area contributed by atoms with Gasteiger partial charge in [0.2, 0.25) is 0 Å². The van der Waals surface area contributed by atoms with Gasteiger partial charge in [0, 0.05) is 7.11 Å². The Bertz CT molecular complexity index is 198. The van der Waals surface area contributed by atoms with E-state index in [9.17, 15) is 4.79 Å². The Morgan fingerprint density at radius 2 is 1.20 bits per heavy atom. The highest BCUT2D eigenvalue weighted by atomic mass is 16.4. The zero-order valence-corrected chi connectivity index (χ0v) is 11.0. The number of aliphatic hydroxyl groups excluding tert-OH is 9. The van der Waals surface area contributed by atoms with Gasteiger partial charge in [-0.1, -0.05) is 0 Å². The van der Waals surface area contributed by atoms with E-state index in [-0.39, 0.29) is 19.5 Å². The molecule has 0 saturated heterocycles. The van der Waals surface area contributed by atoms with Crippen molar-refractivity contribution in [3.05, 3.63) is 0 Å². The molecule has 124 valence electrons. The second-order valence-electron chi connectivity index (χ2n) is 3.38. The molecule has 0 saturated carbocycles. The first-order chi connectivity index (χ1) is 9.35. The van der Waals surface area contributed by atoms with E-state index >= 15 is 0 Å². The zero-order valence-electron chi connectivity index (χ0n) is 11.0. The van der Waals surface area contributed by atoms with Crippen LogP contribution in [0.15, 0.2) is 0 Å². The van der Waals surface area contributed by atoms with Crippen LogP contribution in [0.25, 0.3) is 0 Å². The predicted octanol–water partition coefficient (Wildman–Crippen LogP) is -5.44. The maximum absolute atomic E-state index is 9.90. The van der Waals surface area contributed by atoms with E-state index in [0.717, 1.165) is 7.11 Å². The Labute approximate surface area is 115 Å². The largest absolute Gasteiger partial charge is 0.400 e. The summed E-state index contributed by atoms with van der Waals surface area (Å²) in [6.45, 7) is -1.49. The summed E-state index contributed by atoms with van der Waals surface area (Å²) in [6.07, 6.45) is -7.79. The predicted molar refractivity (Wildman–Crippen MR) is 65.5 cm³/mol. The summed E-state index contributed by atoms with van der Waals surface area (Å²) in [6, 6.07) is 0. The standard InChI is InChI=1S/C6H12O6.C3H8O3.CH4O/c7-1-3(9)5(11)6(12)4(10)2-8;4-1-3(6)2-5;1-2/h1,3-6,8-12H,2H2;3-6H,1-2H2;2H,1H3/t3-,4+,5+,6+;;/m0../s1. The fourth-order valence-electron chi connectivity index (χ4n) is 0.676. The van der Waals surface area contributed by atoms with Crippen LogP contribution < -0.4 is 0 Å². The molecule has 0 unspecified atom stereocenters. The second kappa shape index (κ2) is 16.4. The average molecular weight is 304 g/mol. The fraction of sp³-hybridized carbons (Fsp3) is 0.900. The molecule has 10 nitrogen and oxygen atoms in total. The van der Waals surface area contributed by atoms with Gasteiger partial charge in [-0.2, -0.15) is 0 Å². The molecular formula is C10H24O10. The van der Waals surface area contributed by atoms with Crippen LogP contribution in [-0.4, -0.2) is 110 Å². The van der Waals surface area contributed by atoms with Crippen molar-refractivity contribution >= 4 is 6.29 Å². The zero-order chi connectivity index (χ0) is 16.7. The summed E-state index contributed by atoms with van der Waals surface area (Å²) in [5.41, 5.74) is 0. The van der Waals surface area contributed by atoms with E-state index in [1.165, 1.54) is 0 Å². The number of aldehydes is 1. The minimum Gasteiger partial charge on any atom is -0.400 e. The molecule has 0 bridgehead atoms. The Kier molecular flexibility index (Phi) is 19.9. The smallest absolute Gasteiger partial charge is 0.151 e. The molecule has 20 heavy (non-hydrogen) atoms. The topological polar surface area (TPSA) is 199 Å². The highest BCUT2D eigenvalue weighted by Gasteiger charge is 2.29. The molecule has 0 radical (unpaired) electrons. The molecule has 0 spiro atoms. The van der Waals surface area contributed by atoms with Gasteiger partial charge in [-0.25, -0.2) is 0 Å². The Morgan fingerprint density at radius 3 is 1.40 bits per heavy atom. The van der Waals surface area contributed by atoms with Gasteiger partial charge in [0.05, 0.1) is 19.8 Å². The summed E-state index contributed by atoms with van der Waals surface area (Å²) in [5.74, 6) is 0. The first-order valence-electron chi connectivity index (χ1n) is 5.48. The van der Waals surface area contributed by atoms with Crippen molar-refractivity contribution < 1.29 is 50.8 Å². The van der Waals surface area contributed by atoms with E-state index in [1.54, 1.807) is 0 Å². The third-order valence-corrected chi connectivity index (χ3v) is 1.84. The molecule has 9 N–H and O–H groups in total. The maximum Gasteiger partial charge on any atom is 0.151 e. The number of carbonyl (C=O) groups excluding carboxylic acids is 1. The molecule has 0 aliphatic rings. The summed E-state index contributed by atoms with van der Waals surface area (Å²) in [4.78, 5) is 9.90. The van der Waals surface area contributed by atoms with Crippen LogP contribution in [0, 0.1) is 0 Å². The van der Waals surface area contributed by atoms with Gasteiger partial charge in [-0.15, -0.1) is 0 Å². The van der Waals surface area contributed by atoms with E-state index in [2.05, 4.69) is 0 Å². The third-order valence-electron chi connectivity index (χ3n) is 1.84. The first kappa shape index (κ1) is 24.3. The van der Waals surface area contributed by atoms with Crippen molar-refractivity contribution in [1.29, 1.82) is 0 Å². The molecule has 0 heterocycles. The fourth-order valence-corrected chi connectivity index (χ4v) is 0.676. The molecule has 0 amide bonds. The third kappa shape index (κ3) is 12.3. The van der Waals surface area contributed by atoms with Crippen LogP contribution in [0.2, 0.25) is 0 Å². The van der Waals surface area contributed by atoms with Gasteiger partial charge in [0.1, 0.15) is 30.5 Å². The molecule has 0 aliphatic heterocycles. The van der Waals surface area contributed by atoms with Gasteiger partial charge in [0.25, 0.3) is 0 Å². The van der Waals surface area contributed by atoms with Gasteiger partial charge >= 0.3 is 0 Å². The van der Waals surface area contributed by atoms with Crippen molar-refractivity contribution in [2.75, 3.05) is 26.9 Å². The summed E-state index contributed by atoms with van der Waals surface area (Å²) in [5, 5.41) is 74.6. The Hall–Kier alpha value is -0.690. The van der Waals surface area contributed by atoms with Gasteiger partial charge in [-0.3, -0.25) is 0 Å². The SMILES string of the molecule is CO.O=C[C@H](O)[C@@H](O)[C@H](O)[C@H](O)CO.OCC(O)CO. The van der Waals surface area contributed by atoms with E-state index in [4.69, 9.17) is 46.0 Å². The van der Waals surface area contributed by atoms with Gasteiger partial charge < -0.3 is 50.8 Å². The van der Waals surface area contributed by atoms with Crippen molar-refractivity contribution in [2.45, 2.75) is 30.5 Å². The van der Waals surface area contributed by atoms with Crippen LogP contribution in [0.3, 0.4) is 0 Å². The minimum absolute atomic E-state index is 0.0258. The molecule has 0 aromatic carbocycles. The summed E-state index contributed by atoms with van der Waals surface area (Å²) < 4.78 is 0. The molecule has 0 aromatic heterocycles. The highest BCUT2D eigenvalue weighted by molar-refractivity contribution is 5.56. The summed E-state index contributed by atoms with van der Waals surface area (Å²) in [7, 11) is 1.00. The lowest BCUT2D eigenvalue weighted by Gasteiger charge is -2.22. The normalized spacial score (nSPS) is 15.9. The number of carbonyl (C=O) groups is 1. The number of aliphatic hydroxyl groups is 9. The molecule has 4 atom stereocenters. The lowest BCUT2D eigenvalue weighted by molar-refractivity contribution is -0.136. The van der Waals surface area contributed by atoms with Crippen molar-refractivity contribution in [1.82, 2.24) is 0 Å². The van der Waals surface area contributed by atoms with Crippen LogP contribution in [0.1, 0.15) is 0 Å². The molecular weight excluding hydrogens is 280 g/mol. The average Bonchev–Trinajstić information content (AvgIpc) is 2.53. The van der Waals surface area contributed by atoms with Gasteiger partial charge in [0.15, 0.2) is 6.29 Å². The molecule has 0 rings (SSSR count). The lowest BCUT2D eigenvalue weighted by atomic mass is 10.0.